The third kappa shape index (κ3) is 41.3. The third-order valence-electron chi connectivity index (χ3n) is 33.8. The fourth-order valence-electron chi connectivity index (χ4n) is 24.3. The molecule has 0 atom stereocenters. The molecule has 0 amide bonds. The topological polar surface area (TPSA) is 180 Å². The molecular weight excluding hydrogens is 1810 g/mol. The van der Waals surface area contributed by atoms with Crippen molar-refractivity contribution in [1.29, 1.82) is 10.5 Å². The summed E-state index contributed by atoms with van der Waals surface area (Å²) in [6.45, 7) is 40.0. The summed E-state index contributed by atoms with van der Waals surface area (Å²) in [6, 6.07) is 53.3. The maximum absolute atomic E-state index is 12.8. The molecule has 0 heterocycles. The highest BCUT2D eigenvalue weighted by Crippen LogP contribution is 2.50. The van der Waals surface area contributed by atoms with E-state index < -0.39 is 11.9 Å². The molecule has 0 aliphatic heterocycles. The third-order valence-corrected chi connectivity index (χ3v) is 33.8. The Hall–Kier alpha value is -10.0. The van der Waals surface area contributed by atoms with Crippen molar-refractivity contribution in [2.24, 2.45) is 64.6 Å². The molecule has 0 unspecified atom stereocenters. The van der Waals surface area contributed by atoms with E-state index in [1.54, 1.807) is 49.1 Å². The number of methoxy groups -OCH3 is 1. The first-order chi connectivity index (χ1) is 71.7. The molecule has 0 radical (unpaired) electrons. The molecule has 7 aromatic carbocycles. The minimum absolute atomic E-state index is 0.0475. The summed E-state index contributed by atoms with van der Waals surface area (Å²) in [4.78, 5) is 57.0. The monoisotopic (exact) mass is 2000 g/mol. The van der Waals surface area contributed by atoms with E-state index in [0.717, 1.165) is 159 Å². The van der Waals surface area contributed by atoms with Gasteiger partial charge < -0.3 is 28.4 Å². The van der Waals surface area contributed by atoms with Crippen LogP contribution in [0.5, 0.6) is 34.5 Å². The zero-order chi connectivity index (χ0) is 105. The van der Waals surface area contributed by atoms with Crippen molar-refractivity contribution in [2.45, 2.75) is 453 Å². The standard InChI is InChI=1S/C31H38N2O2.C27H33NO2.C20H35N.2C19H28O3.C17H26/c1-4-6-8-10-23-12-14-24(15-13-23)25-16-18-27(19-17-25)31(34)35-29-21-20-26(11-9-7-5-2)28(22-32)30(29)33-3;1-4-6-8-21-11-18-26(25(19-21)28-3)30-27(29)24-16-14-23(15-17-24)22-12-9-20(7-5-2)10-13-22;1-3-5-13-20(16-21)14-11-19(12-15-20)18-9-7-17(6-4-2)8-10-18;1-3-4-5-6-15-7-9-16(10-8-15)19(20)22-18-13-11-17(21-2)12-14-18;1-3-5-6-15-7-9-16(10-8-15)19(20)22-18-13-11-17(12-14-18)21-4-2;1-3-5-15-8-12-17(13-9-15)16-10-6-14(4-2)7-11-16/h16-21,23-24H,4-15H2,1-2H3;11,14-20,22H,4-10,12-13H2,1-2H3;17-19H,3-15H2,1-2H3;2*11-16H,3-10H2,1-2H3;6-7,10-11,15,17H,3-5,8-9,12-13H2,1-2H3. The lowest BCUT2D eigenvalue weighted by Crippen LogP contribution is -2.31. The molecule has 0 N–H and O–H groups in total. The number of unbranched alkanes of at least 4 members (excludes halogenated alkanes) is 9. The van der Waals surface area contributed by atoms with Crippen molar-refractivity contribution in [1.82, 2.24) is 0 Å². The van der Waals surface area contributed by atoms with Crippen LogP contribution in [0.25, 0.3) is 9.69 Å². The molecule has 7 aromatic rings. The molecule has 0 saturated heterocycles. The van der Waals surface area contributed by atoms with E-state index in [9.17, 15) is 29.7 Å². The number of esters is 4. The Morgan fingerprint density at radius 1 is 0.354 bits per heavy atom. The van der Waals surface area contributed by atoms with Gasteiger partial charge in [-0.1, -0.05) is 290 Å². The Balaban J connectivity index is 0.000000199. The van der Waals surface area contributed by atoms with Gasteiger partial charge >= 0.3 is 23.9 Å². The van der Waals surface area contributed by atoms with E-state index in [1.807, 2.05) is 85.8 Å². The van der Waals surface area contributed by atoms with Gasteiger partial charge in [0.25, 0.3) is 0 Å². The molecule has 14 heteroatoms. The summed E-state index contributed by atoms with van der Waals surface area (Å²) in [7, 11) is 1.62. The predicted molar refractivity (Wildman–Crippen MR) is 605 cm³/mol. The van der Waals surface area contributed by atoms with Crippen LogP contribution < -0.4 is 28.4 Å². The van der Waals surface area contributed by atoms with Crippen molar-refractivity contribution >= 4 is 35.3 Å². The highest BCUT2D eigenvalue weighted by molar-refractivity contribution is 5.93. The number of carbonyl (C=O) groups excluding carboxylic acids is 4. The lowest BCUT2D eigenvalue weighted by Gasteiger charge is -2.40. The molecule has 14 nitrogen and oxygen atoms in total. The fourth-order valence-corrected chi connectivity index (χ4v) is 24.3. The second-order valence-corrected chi connectivity index (χ2v) is 44.4. The molecule has 0 bridgehead atoms. The van der Waals surface area contributed by atoms with E-state index >= 15 is 0 Å². The van der Waals surface area contributed by atoms with Crippen molar-refractivity contribution in [3.05, 3.63) is 225 Å². The molecule has 7 fully saturated rings. The van der Waals surface area contributed by atoms with Gasteiger partial charge in [-0.2, -0.15) is 10.5 Å². The average molecular weight is 2000 g/mol. The highest BCUT2D eigenvalue weighted by Gasteiger charge is 2.39. The quantitative estimate of drug-likeness (QED) is 0.0153. The summed E-state index contributed by atoms with van der Waals surface area (Å²) in [5.41, 5.74) is 9.51. The largest absolute Gasteiger partial charge is 0.497 e. The van der Waals surface area contributed by atoms with Crippen LogP contribution in [0.1, 0.15) is 494 Å². The second-order valence-electron chi connectivity index (χ2n) is 44.4. The van der Waals surface area contributed by atoms with Crippen LogP contribution in [0.3, 0.4) is 0 Å². The Morgan fingerprint density at radius 2 is 0.735 bits per heavy atom. The van der Waals surface area contributed by atoms with Crippen LogP contribution in [0.15, 0.2) is 152 Å². The van der Waals surface area contributed by atoms with Crippen molar-refractivity contribution in [3.8, 4) is 46.6 Å². The van der Waals surface area contributed by atoms with Gasteiger partial charge in [0.2, 0.25) is 11.4 Å². The van der Waals surface area contributed by atoms with Crippen molar-refractivity contribution in [3.63, 3.8) is 0 Å². The molecule has 7 saturated carbocycles. The summed E-state index contributed by atoms with van der Waals surface area (Å²) in [5, 5.41) is 19.3. The first-order valence-electron chi connectivity index (χ1n) is 59.1. The Kier molecular flexibility index (Phi) is 56.3. The molecule has 7 aliphatic carbocycles. The zero-order valence-electron chi connectivity index (χ0n) is 93.1. The first-order valence-corrected chi connectivity index (χ1v) is 59.1. The number of aryl methyl sites for hydroxylation is 3. The Bertz CT molecular complexity index is 5030. The number of ether oxygens (including phenoxy) is 6. The average Bonchev–Trinajstić information content (AvgIpc) is 0.810. The fraction of sp³-hybridized carbons (Fsp3) is 0.624. The summed E-state index contributed by atoms with van der Waals surface area (Å²) < 4.78 is 32.6. The van der Waals surface area contributed by atoms with E-state index in [2.05, 4.69) is 127 Å². The van der Waals surface area contributed by atoms with E-state index in [4.69, 9.17) is 41.6 Å². The first kappa shape index (κ1) is 121. The lowest BCUT2D eigenvalue weighted by molar-refractivity contribution is -0.141. The second kappa shape index (κ2) is 68.6. The van der Waals surface area contributed by atoms with Gasteiger partial charge in [0.15, 0.2) is 0 Å². The van der Waals surface area contributed by atoms with Crippen molar-refractivity contribution in [2.75, 3.05) is 13.7 Å². The zero-order valence-corrected chi connectivity index (χ0v) is 93.1. The molecular formula is C133H188N4O10. The molecule has 800 valence electrons. The maximum Gasteiger partial charge on any atom is 0.342 e. The Morgan fingerprint density at radius 3 is 1.14 bits per heavy atom. The van der Waals surface area contributed by atoms with Crippen LogP contribution in [-0.2, 0) is 28.9 Å². The predicted octanol–water partition coefficient (Wildman–Crippen LogP) is 38.6. The number of nitriles is 2. The number of carbonyl (C=O) groups is 4. The van der Waals surface area contributed by atoms with Gasteiger partial charge in [0.05, 0.1) is 72.9 Å². The maximum atomic E-state index is 12.8. The number of nitrogens with zero attached hydrogens (tertiary/aromatic N) is 4. The van der Waals surface area contributed by atoms with Gasteiger partial charge in [0.1, 0.15) is 34.5 Å². The Labute approximate surface area is 890 Å². The van der Waals surface area contributed by atoms with Gasteiger partial charge in [-0.05, 0) is 396 Å². The minimum atomic E-state index is -0.497. The lowest BCUT2D eigenvalue weighted by atomic mass is 9.63. The smallest absolute Gasteiger partial charge is 0.342 e. The van der Waals surface area contributed by atoms with Gasteiger partial charge in [-0.15, -0.1) is 0 Å². The number of benzene rings is 7. The van der Waals surface area contributed by atoms with Gasteiger partial charge in [-0.3, -0.25) is 9.59 Å². The molecule has 0 spiro atoms. The van der Waals surface area contributed by atoms with E-state index in [1.165, 1.54) is 293 Å². The number of rotatable bonds is 43. The van der Waals surface area contributed by atoms with Crippen LogP contribution in [-0.4, -0.2) is 37.6 Å². The van der Waals surface area contributed by atoms with Crippen molar-refractivity contribution < 1.29 is 47.6 Å². The summed E-state index contributed by atoms with van der Waals surface area (Å²) >= 11 is 0. The van der Waals surface area contributed by atoms with Crippen LogP contribution >= 0.6 is 0 Å². The SMILES string of the molecule is CCCC1CCC(c2ccc(CC)cc2)CC1.CCCCC1(C#N)CCC(C2CCC(CCC)CC2)CC1.CCCCC1CCC(C(=O)Oc2ccc(OCC)cc2)CC1.CCCCCC1CCC(C(=O)Oc2ccc(OC)cc2)CC1.[C-]#[N+]c1c(OC(=O)c2ccc(C3CCC(CCCCC)CC3)cc2)ccc(CCCCC)c1C#N.[C-]#[N+]c1cc(CCCC)ccc1OC(=O)c1ccc(C2CCC(CCC)CC2)cc1. The van der Waals surface area contributed by atoms with E-state index in [0.29, 0.717) is 58.1 Å². The number of hydrogen-bond acceptors (Lipinski definition) is 12. The number of hydrogen-bond donors (Lipinski definition) is 0. The molecule has 147 heavy (non-hydrogen) atoms. The normalized spacial score (nSPS) is 22.5. The van der Waals surface area contributed by atoms with Crippen LogP contribution in [0.4, 0.5) is 11.4 Å². The van der Waals surface area contributed by atoms with Crippen LogP contribution in [0, 0.1) is 100 Å². The summed E-state index contributed by atoms with van der Waals surface area (Å²) in [6.07, 6.45) is 70.0. The van der Waals surface area contributed by atoms with Gasteiger partial charge in [0, 0.05) is 0 Å². The van der Waals surface area contributed by atoms with Gasteiger partial charge in [-0.25, -0.2) is 19.3 Å². The summed E-state index contributed by atoms with van der Waals surface area (Å²) in [5.74, 6) is 11.8. The molecule has 0 aromatic heterocycles. The van der Waals surface area contributed by atoms with Crippen LogP contribution in [0.2, 0.25) is 0 Å². The highest BCUT2D eigenvalue weighted by atomic mass is 16.5. The van der Waals surface area contributed by atoms with E-state index in [-0.39, 0.29) is 40.6 Å². The molecule has 14 rings (SSSR count). The molecule has 7 aliphatic rings. The minimum Gasteiger partial charge on any atom is -0.497 e.